The minimum atomic E-state index is -3.71. The molecule has 2 aromatic carbocycles. The van der Waals surface area contributed by atoms with Crippen molar-refractivity contribution in [1.82, 2.24) is 8.61 Å². The summed E-state index contributed by atoms with van der Waals surface area (Å²) in [7, 11) is -7.42. The number of nitrogens with zero attached hydrogens (tertiary/aromatic N) is 2. The molecular weight excluding hydrogens is 424 g/mol. The third-order valence-electron chi connectivity index (χ3n) is 4.88. The van der Waals surface area contributed by atoms with Gasteiger partial charge in [-0.15, -0.1) is 0 Å². The Kier molecular flexibility index (Phi) is 7.93. The minimum absolute atomic E-state index is 0.0315. The quantitative estimate of drug-likeness (QED) is 0.517. The summed E-state index contributed by atoms with van der Waals surface area (Å²) in [4.78, 5) is 13.1. The molecule has 2 aromatic rings. The summed E-state index contributed by atoms with van der Waals surface area (Å²) in [6.07, 6.45) is 0. The Bertz CT molecular complexity index is 1020. The second kappa shape index (κ2) is 9.82. The SMILES string of the molecule is CCN(CC)S(=O)(=O)c1cccc(C(=O)c2cccc(S(=O)(=O)N(CC)CC)c2)c1. The Hall–Kier alpha value is -2.07. The Morgan fingerprint density at radius 1 is 0.667 bits per heavy atom. The van der Waals surface area contributed by atoms with Gasteiger partial charge in [0.25, 0.3) is 0 Å². The molecule has 0 bridgehead atoms. The van der Waals surface area contributed by atoms with Crippen LogP contribution < -0.4 is 0 Å². The van der Waals surface area contributed by atoms with E-state index in [1.807, 2.05) is 0 Å². The van der Waals surface area contributed by atoms with E-state index in [-0.39, 0.29) is 20.9 Å². The molecule has 0 radical (unpaired) electrons. The van der Waals surface area contributed by atoms with Crippen molar-refractivity contribution in [3.8, 4) is 0 Å². The minimum Gasteiger partial charge on any atom is -0.289 e. The third-order valence-corrected chi connectivity index (χ3v) is 8.97. The number of hydrogen-bond donors (Lipinski definition) is 0. The van der Waals surface area contributed by atoms with Gasteiger partial charge in [-0.2, -0.15) is 8.61 Å². The zero-order chi connectivity index (χ0) is 22.5. The van der Waals surface area contributed by atoms with E-state index >= 15 is 0 Å². The predicted molar refractivity (Wildman–Crippen MR) is 117 cm³/mol. The first-order chi connectivity index (χ1) is 14.1. The molecule has 0 fully saturated rings. The first-order valence-electron chi connectivity index (χ1n) is 9.88. The molecule has 0 N–H and O–H groups in total. The lowest BCUT2D eigenvalue weighted by atomic mass is 10.0. The van der Waals surface area contributed by atoms with Crippen molar-refractivity contribution in [3.63, 3.8) is 0 Å². The monoisotopic (exact) mass is 452 g/mol. The normalized spacial score (nSPS) is 12.5. The highest BCUT2D eigenvalue weighted by Crippen LogP contribution is 2.21. The molecule has 0 aliphatic heterocycles. The average Bonchev–Trinajstić information content (AvgIpc) is 2.74. The highest BCUT2D eigenvalue weighted by atomic mass is 32.2. The number of ketones is 1. The standard InChI is InChI=1S/C21H28N2O5S2/c1-5-22(6-2)29(25,26)19-13-9-11-17(15-19)21(24)18-12-10-14-20(16-18)30(27,28)23(7-3)8-4/h9-16H,5-8H2,1-4H3. The smallest absolute Gasteiger partial charge is 0.243 e. The molecule has 0 atom stereocenters. The van der Waals surface area contributed by atoms with Crippen molar-refractivity contribution in [3.05, 3.63) is 59.7 Å². The molecule has 164 valence electrons. The first-order valence-corrected chi connectivity index (χ1v) is 12.8. The number of sulfonamides is 2. The average molecular weight is 453 g/mol. The fourth-order valence-electron chi connectivity index (χ4n) is 3.19. The van der Waals surface area contributed by atoms with Crippen LogP contribution >= 0.6 is 0 Å². The van der Waals surface area contributed by atoms with Crippen molar-refractivity contribution >= 4 is 25.8 Å². The van der Waals surface area contributed by atoms with Crippen molar-refractivity contribution in [2.75, 3.05) is 26.2 Å². The van der Waals surface area contributed by atoms with E-state index in [9.17, 15) is 21.6 Å². The zero-order valence-electron chi connectivity index (χ0n) is 17.7. The van der Waals surface area contributed by atoms with Gasteiger partial charge < -0.3 is 0 Å². The zero-order valence-corrected chi connectivity index (χ0v) is 19.3. The summed E-state index contributed by atoms with van der Waals surface area (Å²) in [5.74, 6) is -0.441. The molecule has 9 heteroatoms. The van der Waals surface area contributed by atoms with E-state index in [0.717, 1.165) is 0 Å². The highest BCUT2D eigenvalue weighted by Gasteiger charge is 2.25. The molecule has 30 heavy (non-hydrogen) atoms. The van der Waals surface area contributed by atoms with Crippen LogP contribution in [-0.2, 0) is 20.0 Å². The number of carbonyl (C=O) groups is 1. The van der Waals surface area contributed by atoms with Crippen LogP contribution in [-0.4, -0.2) is 57.4 Å². The van der Waals surface area contributed by atoms with Crippen LogP contribution in [0, 0.1) is 0 Å². The highest BCUT2D eigenvalue weighted by molar-refractivity contribution is 7.89. The Balaban J connectivity index is 2.46. The molecule has 0 aliphatic carbocycles. The molecule has 0 aliphatic rings. The van der Waals surface area contributed by atoms with Crippen molar-refractivity contribution < 1.29 is 21.6 Å². The van der Waals surface area contributed by atoms with E-state index in [0.29, 0.717) is 26.2 Å². The van der Waals surface area contributed by atoms with Crippen molar-refractivity contribution in [1.29, 1.82) is 0 Å². The summed E-state index contributed by atoms with van der Waals surface area (Å²) in [6.45, 7) is 8.28. The molecule has 0 saturated heterocycles. The lowest BCUT2D eigenvalue weighted by molar-refractivity contribution is 0.103. The van der Waals surface area contributed by atoms with E-state index in [1.165, 1.54) is 57.1 Å². The van der Waals surface area contributed by atoms with Crippen LogP contribution in [0.25, 0.3) is 0 Å². The van der Waals surface area contributed by atoms with Gasteiger partial charge in [0.15, 0.2) is 5.78 Å². The van der Waals surface area contributed by atoms with E-state index in [1.54, 1.807) is 27.7 Å². The van der Waals surface area contributed by atoms with Crippen LogP contribution in [0.15, 0.2) is 58.3 Å². The first kappa shape index (κ1) is 24.2. The Labute approximate surface area is 179 Å². The van der Waals surface area contributed by atoms with Gasteiger partial charge in [-0.1, -0.05) is 52.0 Å². The maximum absolute atomic E-state index is 13.0. The lowest BCUT2D eigenvalue weighted by Gasteiger charge is -2.19. The van der Waals surface area contributed by atoms with Crippen LogP contribution in [0.5, 0.6) is 0 Å². The molecule has 0 aromatic heterocycles. The second-order valence-corrected chi connectivity index (χ2v) is 10.4. The topological polar surface area (TPSA) is 91.8 Å². The molecule has 2 rings (SSSR count). The van der Waals surface area contributed by atoms with Gasteiger partial charge in [-0.25, -0.2) is 16.8 Å². The second-order valence-electron chi connectivity index (χ2n) is 6.56. The van der Waals surface area contributed by atoms with Crippen LogP contribution in [0.3, 0.4) is 0 Å². The van der Waals surface area contributed by atoms with Gasteiger partial charge in [0.1, 0.15) is 0 Å². The summed E-state index contributed by atoms with van der Waals surface area (Å²) in [5.41, 5.74) is 0.362. The van der Waals surface area contributed by atoms with Gasteiger partial charge in [0.05, 0.1) is 9.79 Å². The van der Waals surface area contributed by atoms with Crippen LogP contribution in [0.4, 0.5) is 0 Å². The summed E-state index contributed by atoms with van der Waals surface area (Å²) in [5, 5.41) is 0. The Morgan fingerprint density at radius 3 is 1.30 bits per heavy atom. The van der Waals surface area contributed by atoms with Gasteiger partial charge in [-0.3, -0.25) is 4.79 Å². The predicted octanol–water partition coefficient (Wildman–Crippen LogP) is 2.98. The van der Waals surface area contributed by atoms with Gasteiger partial charge in [0.2, 0.25) is 20.0 Å². The molecular formula is C21H28N2O5S2. The van der Waals surface area contributed by atoms with Gasteiger partial charge >= 0.3 is 0 Å². The van der Waals surface area contributed by atoms with Crippen LogP contribution in [0.1, 0.15) is 43.6 Å². The number of hydrogen-bond acceptors (Lipinski definition) is 5. The number of benzene rings is 2. The van der Waals surface area contributed by atoms with Gasteiger partial charge in [0, 0.05) is 37.3 Å². The van der Waals surface area contributed by atoms with Gasteiger partial charge in [-0.05, 0) is 24.3 Å². The Morgan fingerprint density at radius 2 is 1.00 bits per heavy atom. The molecule has 0 unspecified atom stereocenters. The molecule has 0 heterocycles. The summed E-state index contributed by atoms with van der Waals surface area (Å²) >= 11 is 0. The summed E-state index contributed by atoms with van der Waals surface area (Å²) < 4.78 is 53.7. The fourth-order valence-corrected chi connectivity index (χ4v) is 6.20. The number of rotatable bonds is 10. The van der Waals surface area contributed by atoms with E-state index in [4.69, 9.17) is 0 Å². The van der Waals surface area contributed by atoms with Crippen molar-refractivity contribution in [2.45, 2.75) is 37.5 Å². The largest absolute Gasteiger partial charge is 0.289 e. The van der Waals surface area contributed by atoms with Crippen LogP contribution in [0.2, 0.25) is 0 Å². The van der Waals surface area contributed by atoms with Crippen molar-refractivity contribution in [2.24, 2.45) is 0 Å². The molecule has 0 amide bonds. The number of carbonyl (C=O) groups excluding carboxylic acids is 1. The fraction of sp³-hybridized carbons (Fsp3) is 0.381. The summed E-state index contributed by atoms with van der Waals surface area (Å²) in [6, 6.07) is 11.6. The maximum atomic E-state index is 13.0. The van der Waals surface area contributed by atoms with E-state index < -0.39 is 25.8 Å². The maximum Gasteiger partial charge on any atom is 0.243 e. The van der Waals surface area contributed by atoms with E-state index in [2.05, 4.69) is 0 Å². The third kappa shape index (κ3) is 4.80. The lowest BCUT2D eigenvalue weighted by Crippen LogP contribution is -2.30. The molecule has 0 saturated carbocycles. The molecule has 0 spiro atoms. The molecule has 7 nitrogen and oxygen atoms in total.